The second-order valence-corrected chi connectivity index (χ2v) is 19.7. The Morgan fingerprint density at radius 1 is 0.614 bits per heavy atom. The lowest BCUT2D eigenvalue weighted by Crippen LogP contribution is -2.42. The highest BCUT2D eigenvalue weighted by molar-refractivity contribution is 8.93. The molecule has 7 rings (SSSR count). The third kappa shape index (κ3) is 19.5. The highest BCUT2D eigenvalue weighted by Gasteiger charge is 2.26. The first-order valence-electron chi connectivity index (χ1n) is 18.3. The average Bonchev–Trinajstić information content (AvgIpc) is 4.01. The Morgan fingerprint density at radius 3 is 1.19 bits per heavy atom. The maximum absolute atomic E-state index is 7.20. The van der Waals surface area contributed by atoms with E-state index in [2.05, 4.69) is 20.4 Å². The molecule has 3 aliphatic carbocycles. The van der Waals surface area contributed by atoms with Crippen molar-refractivity contribution in [3.05, 3.63) is 66.6 Å². The van der Waals surface area contributed by atoms with Crippen molar-refractivity contribution in [3.8, 4) is 0 Å². The van der Waals surface area contributed by atoms with Crippen molar-refractivity contribution < 1.29 is 0 Å². The molecular weight excluding hydrogens is 1020 g/mol. The van der Waals surface area contributed by atoms with Gasteiger partial charge >= 0.3 is 0 Å². The van der Waals surface area contributed by atoms with E-state index < -0.39 is 0 Å². The van der Waals surface area contributed by atoms with Crippen LogP contribution in [-0.4, -0.2) is 76.8 Å². The molecule has 0 bridgehead atoms. The third-order valence-electron chi connectivity index (χ3n) is 9.17. The van der Waals surface area contributed by atoms with E-state index in [9.17, 15) is 0 Å². The lowest BCUT2D eigenvalue weighted by Gasteiger charge is -2.27. The van der Waals surface area contributed by atoms with Crippen molar-refractivity contribution in [3.63, 3.8) is 0 Å². The van der Waals surface area contributed by atoms with Crippen molar-refractivity contribution in [2.24, 2.45) is 44.9 Å². The molecule has 0 spiro atoms. The van der Waals surface area contributed by atoms with Gasteiger partial charge in [0.2, 0.25) is 0 Å². The minimum atomic E-state index is 0. The Labute approximate surface area is 395 Å². The zero-order valence-electron chi connectivity index (χ0n) is 31.5. The van der Waals surface area contributed by atoms with E-state index >= 15 is 0 Å². The maximum atomic E-state index is 7.20. The van der Waals surface area contributed by atoms with E-state index in [-0.39, 0.29) is 44.3 Å². The van der Waals surface area contributed by atoms with Gasteiger partial charge in [0.05, 0.1) is 46.8 Å². The summed E-state index contributed by atoms with van der Waals surface area (Å²) >= 11 is 30.5. The van der Waals surface area contributed by atoms with Gasteiger partial charge in [0.1, 0.15) is 0 Å². The van der Waals surface area contributed by atoms with E-state index in [0.717, 1.165) is 83.9 Å². The molecule has 5 aliphatic rings. The van der Waals surface area contributed by atoms with Gasteiger partial charge in [-0.2, -0.15) is 0 Å². The molecule has 0 radical (unpaired) electrons. The number of benzene rings is 2. The topological polar surface area (TPSA) is 181 Å². The highest BCUT2D eigenvalue weighted by Crippen LogP contribution is 2.34. The number of nitrogens with zero attached hydrogens (tertiary/aromatic N) is 4. The monoisotopic (exact) mass is 1070 g/mol. The van der Waals surface area contributed by atoms with Gasteiger partial charge in [0.25, 0.3) is 0 Å². The molecule has 0 aromatic heterocycles. The zero-order valence-corrected chi connectivity index (χ0v) is 41.3. The summed E-state index contributed by atoms with van der Waals surface area (Å²) < 4.78 is 0. The van der Waals surface area contributed by atoms with Crippen molar-refractivity contribution >= 4 is 148 Å². The van der Waals surface area contributed by atoms with Gasteiger partial charge in [0, 0.05) is 36.1 Å². The molecule has 0 atom stereocenters. The number of aliphatic imine (C=N–C) groups is 2. The molecule has 318 valence electrons. The molecule has 0 saturated heterocycles. The molecule has 10 N–H and O–H groups in total. The Bertz CT molecular complexity index is 1590. The summed E-state index contributed by atoms with van der Waals surface area (Å²) in [5, 5.41) is 25.6. The van der Waals surface area contributed by atoms with Gasteiger partial charge in [-0.15, -0.1) is 34.0 Å². The van der Waals surface area contributed by atoms with E-state index in [0.29, 0.717) is 31.6 Å². The molecular formula is C36H53Br2Cl4N11S4. The summed E-state index contributed by atoms with van der Waals surface area (Å²) in [5.74, 6) is 5.41. The molecule has 2 aliphatic heterocycles. The summed E-state index contributed by atoms with van der Waals surface area (Å²) in [6.07, 6.45) is 8.27. The Balaban J connectivity index is 0.000000295. The summed E-state index contributed by atoms with van der Waals surface area (Å²) in [5.41, 5.74) is 20.1. The van der Waals surface area contributed by atoms with Crippen LogP contribution in [0.25, 0.3) is 0 Å². The molecule has 21 heteroatoms. The number of hydrogen-bond donors (Lipinski definition) is 7. The standard InChI is InChI=1S/C22H30Cl2N6S2.C10H12Cl2N4S2.C4H9N.2BrH/c23-19-5-17(9-31-21-25-11-29(12-26-21)7-15-1-2-15)18(6-20(19)24)10-32-22-27-13-30(14-28-22)8-16-3-4-16;11-7-1-5(3-17-9(13)14)6(2-8(7)12)4-18-10(15)16;5-3-4-1-2-4;;/h5-6,15-16H,1-4,7-14H2,(H,25,26)(H,27,28);1-2H,3-4H2,(H3,13,14)(H3,15,16);4H,1-3,5H2;2*1H. The van der Waals surface area contributed by atoms with Crippen LogP contribution in [0.15, 0.2) is 34.3 Å². The van der Waals surface area contributed by atoms with Crippen LogP contribution in [0.4, 0.5) is 0 Å². The fourth-order valence-corrected chi connectivity index (χ4v) is 9.08. The second-order valence-electron chi connectivity index (χ2n) is 14.1. The highest BCUT2D eigenvalue weighted by atomic mass is 79.9. The minimum Gasteiger partial charge on any atom is -0.379 e. The average molecular weight is 1070 g/mol. The molecule has 11 nitrogen and oxygen atoms in total. The molecule has 2 aromatic carbocycles. The summed E-state index contributed by atoms with van der Waals surface area (Å²) in [7, 11) is 0. The number of halogens is 6. The SMILES string of the molecule is Br.Br.Clc1cc(CSC2=NCN(CC3CC3)CN2)c(CSC2=NCN(CC3CC3)CN2)cc1Cl.N=C(N)SCc1cc(Cl)c(Cl)cc1CSC(=N)N.NCC1CC1. The fraction of sp³-hybridized carbons (Fsp3) is 0.556. The first kappa shape index (κ1) is 51.1. The van der Waals surface area contributed by atoms with Gasteiger partial charge in [-0.3, -0.25) is 20.6 Å². The van der Waals surface area contributed by atoms with E-state index in [4.69, 9.17) is 84.4 Å². The number of thioether (sulfide) groups is 4. The van der Waals surface area contributed by atoms with Crippen LogP contribution in [0.3, 0.4) is 0 Å². The molecule has 0 unspecified atom stereocenters. The third-order valence-corrected chi connectivity index (χ3v) is 14.2. The van der Waals surface area contributed by atoms with Crippen LogP contribution in [-0.2, 0) is 23.0 Å². The van der Waals surface area contributed by atoms with Crippen LogP contribution in [0, 0.1) is 28.6 Å². The molecule has 2 aromatic rings. The minimum absolute atomic E-state index is 0. The summed E-state index contributed by atoms with van der Waals surface area (Å²) in [6.45, 7) is 6.60. The van der Waals surface area contributed by atoms with E-state index in [1.807, 2.05) is 12.1 Å². The summed E-state index contributed by atoms with van der Waals surface area (Å²) in [6, 6.07) is 7.53. The lowest BCUT2D eigenvalue weighted by atomic mass is 10.1. The van der Waals surface area contributed by atoms with Crippen LogP contribution in [0.5, 0.6) is 0 Å². The zero-order chi connectivity index (χ0) is 39.3. The van der Waals surface area contributed by atoms with Crippen LogP contribution >= 0.6 is 127 Å². The normalized spacial score (nSPS) is 17.8. The van der Waals surface area contributed by atoms with E-state index in [1.54, 1.807) is 35.7 Å². The van der Waals surface area contributed by atoms with Gasteiger partial charge in [0.15, 0.2) is 20.7 Å². The van der Waals surface area contributed by atoms with Gasteiger partial charge < -0.3 is 27.8 Å². The predicted octanol–water partition coefficient (Wildman–Crippen LogP) is 9.39. The largest absolute Gasteiger partial charge is 0.379 e. The number of hydrogen-bond acceptors (Lipinski definition) is 13. The first-order chi connectivity index (χ1) is 26.4. The predicted molar refractivity (Wildman–Crippen MR) is 264 cm³/mol. The number of rotatable bonds is 13. The number of amidine groups is 4. The van der Waals surface area contributed by atoms with Gasteiger partial charge in [-0.25, -0.2) is 9.98 Å². The smallest absolute Gasteiger partial charge is 0.159 e. The van der Waals surface area contributed by atoms with Crippen molar-refractivity contribution in [1.82, 2.24) is 20.4 Å². The van der Waals surface area contributed by atoms with Crippen molar-refractivity contribution in [2.75, 3.05) is 46.3 Å². The Morgan fingerprint density at radius 2 is 0.947 bits per heavy atom. The van der Waals surface area contributed by atoms with Crippen molar-refractivity contribution in [2.45, 2.75) is 61.5 Å². The quantitative estimate of drug-likeness (QED) is 0.0751. The van der Waals surface area contributed by atoms with Gasteiger partial charge in [-0.1, -0.05) is 93.5 Å². The Hall–Kier alpha value is -0.280. The molecule has 57 heavy (non-hydrogen) atoms. The number of nitrogens with one attached hydrogen (secondary N) is 4. The van der Waals surface area contributed by atoms with Crippen LogP contribution in [0.1, 0.15) is 60.8 Å². The molecule has 0 amide bonds. The molecule has 3 saturated carbocycles. The fourth-order valence-electron chi connectivity index (χ4n) is 5.42. The summed E-state index contributed by atoms with van der Waals surface area (Å²) in [4.78, 5) is 14.2. The van der Waals surface area contributed by atoms with Crippen LogP contribution < -0.4 is 27.8 Å². The van der Waals surface area contributed by atoms with Crippen molar-refractivity contribution in [1.29, 1.82) is 10.8 Å². The maximum Gasteiger partial charge on any atom is 0.159 e. The Kier molecular flexibility index (Phi) is 23.5. The molecule has 2 heterocycles. The first-order valence-corrected chi connectivity index (χ1v) is 23.7. The number of nitrogens with two attached hydrogens (primary N) is 3. The second kappa shape index (κ2) is 26.3. The van der Waals surface area contributed by atoms with E-state index in [1.165, 1.54) is 86.3 Å². The molecule has 3 fully saturated rings. The van der Waals surface area contributed by atoms with Gasteiger partial charge in [-0.05, 0) is 109 Å². The lowest BCUT2D eigenvalue weighted by molar-refractivity contribution is 0.256. The van der Waals surface area contributed by atoms with Crippen LogP contribution in [0.2, 0.25) is 20.1 Å².